The average Bonchev–Trinajstić information content (AvgIpc) is 3.17. The molecule has 3 amide bonds. The maximum absolute atomic E-state index is 13.2. The second-order valence-corrected chi connectivity index (χ2v) is 6.01. The van der Waals surface area contributed by atoms with E-state index in [2.05, 4.69) is 15.3 Å². The number of primary amides is 1. The molecule has 2 aromatic carbocycles. The van der Waals surface area contributed by atoms with Gasteiger partial charge in [-0.15, -0.1) is 0 Å². The summed E-state index contributed by atoms with van der Waals surface area (Å²) < 4.78 is 26.5. The number of halogens is 2. The molecule has 0 aliphatic rings. The molecule has 0 spiro atoms. The van der Waals surface area contributed by atoms with E-state index in [-0.39, 0.29) is 17.0 Å². The molecule has 0 saturated carbocycles. The summed E-state index contributed by atoms with van der Waals surface area (Å²) in [7, 11) is 1.48. The average molecular weight is 399 g/mol. The Hall–Kier alpha value is -4.08. The van der Waals surface area contributed by atoms with Gasteiger partial charge in [0.25, 0.3) is 17.7 Å². The van der Waals surface area contributed by atoms with Crippen molar-refractivity contribution in [2.45, 2.75) is 0 Å². The van der Waals surface area contributed by atoms with Crippen LogP contribution in [0.15, 0.2) is 48.8 Å². The molecular weight excluding hydrogens is 384 g/mol. The quantitative estimate of drug-likeness (QED) is 0.610. The number of nitrogens with zero attached hydrogens (tertiary/aromatic N) is 2. The third-order valence-electron chi connectivity index (χ3n) is 4.03. The highest BCUT2D eigenvalue weighted by atomic mass is 19.1. The first kappa shape index (κ1) is 19.7. The SMILES string of the molecule is CN(C(=O)c1nc[nH]c1C(N)=O)c1ccc(NC(=O)c2cc(F)cc(F)c2)cc1. The molecule has 0 aliphatic carbocycles. The summed E-state index contributed by atoms with van der Waals surface area (Å²) in [6.07, 6.45) is 1.19. The monoisotopic (exact) mass is 399 g/mol. The van der Waals surface area contributed by atoms with E-state index < -0.39 is 29.4 Å². The molecule has 3 rings (SSSR count). The Morgan fingerprint density at radius 3 is 2.28 bits per heavy atom. The van der Waals surface area contributed by atoms with Gasteiger partial charge in [-0.3, -0.25) is 14.4 Å². The molecule has 0 aliphatic heterocycles. The number of carbonyl (C=O) groups excluding carboxylic acids is 3. The zero-order valence-corrected chi connectivity index (χ0v) is 15.1. The predicted octanol–water partition coefficient (Wildman–Crippen LogP) is 2.32. The summed E-state index contributed by atoms with van der Waals surface area (Å²) in [6, 6.07) is 8.59. The third-order valence-corrected chi connectivity index (χ3v) is 4.03. The van der Waals surface area contributed by atoms with E-state index in [4.69, 9.17) is 5.73 Å². The first-order chi connectivity index (χ1) is 13.8. The molecule has 1 aromatic heterocycles. The number of anilines is 2. The van der Waals surface area contributed by atoms with Crippen LogP contribution in [0.5, 0.6) is 0 Å². The minimum absolute atomic E-state index is 0.104. The highest BCUT2D eigenvalue weighted by Gasteiger charge is 2.22. The number of hydrogen-bond donors (Lipinski definition) is 3. The zero-order valence-electron chi connectivity index (χ0n) is 15.1. The highest BCUT2D eigenvalue weighted by Crippen LogP contribution is 2.20. The Morgan fingerprint density at radius 2 is 1.69 bits per heavy atom. The lowest BCUT2D eigenvalue weighted by Gasteiger charge is -2.17. The predicted molar refractivity (Wildman–Crippen MR) is 101 cm³/mol. The topological polar surface area (TPSA) is 121 Å². The van der Waals surface area contributed by atoms with Crippen LogP contribution in [0.4, 0.5) is 20.2 Å². The molecule has 0 radical (unpaired) electrons. The summed E-state index contributed by atoms with van der Waals surface area (Å²) in [6.45, 7) is 0. The molecular formula is C19H15F2N5O3. The largest absolute Gasteiger partial charge is 0.364 e. The summed E-state index contributed by atoms with van der Waals surface area (Å²) >= 11 is 0. The van der Waals surface area contributed by atoms with Gasteiger partial charge in [0.1, 0.15) is 17.3 Å². The van der Waals surface area contributed by atoms with E-state index >= 15 is 0 Å². The second-order valence-electron chi connectivity index (χ2n) is 6.01. The molecule has 0 bridgehead atoms. The molecule has 0 saturated heterocycles. The maximum Gasteiger partial charge on any atom is 0.279 e. The Balaban J connectivity index is 1.74. The van der Waals surface area contributed by atoms with Gasteiger partial charge in [0.05, 0.1) is 6.33 Å². The van der Waals surface area contributed by atoms with Gasteiger partial charge in [-0.2, -0.15) is 0 Å². The summed E-state index contributed by atoms with van der Waals surface area (Å²) in [5, 5.41) is 2.51. The number of H-pyrrole nitrogens is 1. The van der Waals surface area contributed by atoms with Crippen molar-refractivity contribution < 1.29 is 23.2 Å². The van der Waals surface area contributed by atoms with Crippen LogP contribution in [0.25, 0.3) is 0 Å². The number of rotatable bonds is 5. The highest BCUT2D eigenvalue weighted by molar-refractivity contribution is 6.11. The lowest BCUT2D eigenvalue weighted by molar-refractivity contribution is 0.0958. The number of nitrogens with two attached hydrogens (primary N) is 1. The number of imidazole rings is 1. The number of benzene rings is 2. The van der Waals surface area contributed by atoms with Crippen LogP contribution in [-0.4, -0.2) is 34.7 Å². The molecule has 148 valence electrons. The summed E-state index contributed by atoms with van der Waals surface area (Å²) in [4.78, 5) is 43.6. The number of nitrogens with one attached hydrogen (secondary N) is 2. The fraction of sp³-hybridized carbons (Fsp3) is 0.0526. The van der Waals surface area contributed by atoms with Crippen LogP contribution in [0.1, 0.15) is 31.3 Å². The Bertz CT molecular complexity index is 1080. The molecule has 4 N–H and O–H groups in total. The number of hydrogen-bond acceptors (Lipinski definition) is 4. The van der Waals surface area contributed by atoms with Crippen molar-refractivity contribution >= 4 is 29.1 Å². The first-order valence-electron chi connectivity index (χ1n) is 8.25. The van der Waals surface area contributed by atoms with Crippen molar-refractivity contribution in [3.05, 3.63) is 77.4 Å². The standard InChI is InChI=1S/C19H15F2N5O3/c1-26(19(29)16-15(17(22)27)23-9-24-16)14-4-2-13(3-5-14)25-18(28)10-6-11(20)8-12(21)7-10/h2-9H,1H3,(H2,22,27)(H,23,24)(H,25,28). The molecule has 10 heteroatoms. The summed E-state index contributed by atoms with van der Waals surface area (Å²) in [5.41, 5.74) is 5.60. The Labute approximate surface area is 163 Å². The number of amides is 3. The van der Waals surface area contributed by atoms with Gasteiger partial charge < -0.3 is 20.9 Å². The Kier molecular flexibility index (Phi) is 5.35. The van der Waals surface area contributed by atoms with E-state index in [9.17, 15) is 23.2 Å². The number of carbonyl (C=O) groups is 3. The minimum atomic E-state index is -0.862. The van der Waals surface area contributed by atoms with Crippen molar-refractivity contribution in [3.8, 4) is 0 Å². The van der Waals surface area contributed by atoms with Crippen LogP contribution >= 0.6 is 0 Å². The van der Waals surface area contributed by atoms with Gasteiger partial charge in [-0.05, 0) is 36.4 Å². The van der Waals surface area contributed by atoms with Gasteiger partial charge in [-0.1, -0.05) is 0 Å². The second kappa shape index (κ2) is 7.89. The molecule has 1 heterocycles. The molecule has 0 unspecified atom stereocenters. The van der Waals surface area contributed by atoms with Crippen LogP contribution in [0.2, 0.25) is 0 Å². The summed E-state index contributed by atoms with van der Waals surface area (Å²) in [5.74, 6) is -3.79. The van der Waals surface area contributed by atoms with E-state index in [1.54, 1.807) is 0 Å². The minimum Gasteiger partial charge on any atom is -0.364 e. The number of aromatic nitrogens is 2. The van der Waals surface area contributed by atoms with Crippen molar-refractivity contribution in [1.82, 2.24) is 9.97 Å². The van der Waals surface area contributed by atoms with Crippen LogP contribution in [-0.2, 0) is 0 Å². The van der Waals surface area contributed by atoms with Crippen LogP contribution in [0.3, 0.4) is 0 Å². The molecule has 29 heavy (non-hydrogen) atoms. The van der Waals surface area contributed by atoms with Gasteiger partial charge in [0, 0.05) is 30.1 Å². The van der Waals surface area contributed by atoms with E-state index in [1.807, 2.05) is 0 Å². The van der Waals surface area contributed by atoms with Crippen LogP contribution in [0, 0.1) is 11.6 Å². The third kappa shape index (κ3) is 4.26. The maximum atomic E-state index is 13.2. The lowest BCUT2D eigenvalue weighted by Crippen LogP contribution is -2.29. The van der Waals surface area contributed by atoms with Crippen molar-refractivity contribution in [1.29, 1.82) is 0 Å². The van der Waals surface area contributed by atoms with Crippen molar-refractivity contribution in [2.75, 3.05) is 17.3 Å². The molecule has 0 fully saturated rings. The molecule has 8 nitrogen and oxygen atoms in total. The first-order valence-corrected chi connectivity index (χ1v) is 8.25. The van der Waals surface area contributed by atoms with E-state index in [0.717, 1.165) is 12.1 Å². The fourth-order valence-corrected chi connectivity index (χ4v) is 2.58. The Morgan fingerprint density at radius 1 is 1.07 bits per heavy atom. The number of aromatic amines is 1. The lowest BCUT2D eigenvalue weighted by atomic mass is 10.2. The van der Waals surface area contributed by atoms with E-state index in [1.165, 1.54) is 42.5 Å². The molecule has 3 aromatic rings. The van der Waals surface area contributed by atoms with Crippen LogP contribution < -0.4 is 16.0 Å². The van der Waals surface area contributed by atoms with Gasteiger partial charge in [0.2, 0.25) is 0 Å². The zero-order chi connectivity index (χ0) is 21.1. The fourth-order valence-electron chi connectivity index (χ4n) is 2.58. The van der Waals surface area contributed by atoms with Gasteiger partial charge in [-0.25, -0.2) is 13.8 Å². The van der Waals surface area contributed by atoms with Gasteiger partial charge >= 0.3 is 0 Å². The van der Waals surface area contributed by atoms with Crippen molar-refractivity contribution in [2.24, 2.45) is 5.73 Å². The van der Waals surface area contributed by atoms with Crippen molar-refractivity contribution in [3.63, 3.8) is 0 Å². The molecule has 0 atom stereocenters. The van der Waals surface area contributed by atoms with E-state index in [0.29, 0.717) is 17.4 Å². The normalized spacial score (nSPS) is 10.4. The van der Waals surface area contributed by atoms with Gasteiger partial charge in [0.15, 0.2) is 5.69 Å². The smallest absolute Gasteiger partial charge is 0.279 e.